The molecule has 0 aliphatic carbocycles. The second-order valence-corrected chi connectivity index (χ2v) is 8.48. The average Bonchev–Trinajstić information content (AvgIpc) is 3.07. The molecule has 2 aromatic rings. The van der Waals surface area contributed by atoms with Gasteiger partial charge >= 0.3 is 5.97 Å². The van der Waals surface area contributed by atoms with Crippen molar-refractivity contribution >= 4 is 40.6 Å². The topological polar surface area (TPSA) is 88.4 Å². The summed E-state index contributed by atoms with van der Waals surface area (Å²) in [5.74, 6) is -0.370. The summed E-state index contributed by atoms with van der Waals surface area (Å²) in [5, 5.41) is 9.53. The number of hydrogen-bond acceptors (Lipinski definition) is 6. The maximum atomic E-state index is 13.2. The number of nitrogens with zero attached hydrogens (tertiary/aromatic N) is 2. The molecular formula is C25H28N2O5S. The van der Waals surface area contributed by atoms with E-state index in [2.05, 4.69) is 6.92 Å². The summed E-state index contributed by atoms with van der Waals surface area (Å²) < 4.78 is 10.9. The zero-order valence-electron chi connectivity index (χ0n) is 19.0. The zero-order chi connectivity index (χ0) is 23.8. The second kappa shape index (κ2) is 11.6. The molecule has 2 aromatic carbocycles. The number of carbonyl (C=O) groups is 2. The van der Waals surface area contributed by atoms with E-state index >= 15 is 0 Å². The molecule has 1 saturated heterocycles. The molecule has 0 unspecified atom stereocenters. The standard InChI is InChI=1S/C25H28N2O5S/c1-4-6-13-27-24(30)22(33-25(27)26-19-10-7-17(3)8-11-19)15-18-9-12-20(32-16-23(28)29)21(14-18)31-5-2/h7-12,14-15H,4-6,13,16H2,1-3H3,(H,28,29)/b22-15+,26-25?. The fraction of sp³-hybridized carbons (Fsp3) is 0.320. The van der Waals surface area contributed by atoms with Crippen LogP contribution in [0.5, 0.6) is 11.5 Å². The van der Waals surface area contributed by atoms with E-state index in [4.69, 9.17) is 19.6 Å². The molecule has 0 saturated carbocycles. The molecule has 1 N–H and O–H groups in total. The van der Waals surface area contributed by atoms with Gasteiger partial charge in [-0.05, 0) is 67.9 Å². The van der Waals surface area contributed by atoms with Gasteiger partial charge in [0.2, 0.25) is 0 Å². The van der Waals surface area contributed by atoms with Crippen molar-refractivity contribution in [1.82, 2.24) is 4.90 Å². The summed E-state index contributed by atoms with van der Waals surface area (Å²) >= 11 is 1.35. The minimum atomic E-state index is -1.07. The summed E-state index contributed by atoms with van der Waals surface area (Å²) in [5.41, 5.74) is 2.71. The van der Waals surface area contributed by atoms with Crippen LogP contribution in [0.15, 0.2) is 52.4 Å². The first-order valence-corrected chi connectivity index (χ1v) is 11.7. The summed E-state index contributed by atoms with van der Waals surface area (Å²) in [6.45, 7) is 6.49. The minimum Gasteiger partial charge on any atom is -0.490 e. The predicted molar refractivity (Wildman–Crippen MR) is 131 cm³/mol. The van der Waals surface area contributed by atoms with Gasteiger partial charge < -0.3 is 14.6 Å². The van der Waals surface area contributed by atoms with Crippen LogP contribution in [0.3, 0.4) is 0 Å². The highest BCUT2D eigenvalue weighted by Crippen LogP contribution is 2.36. The van der Waals surface area contributed by atoms with Gasteiger partial charge in [-0.25, -0.2) is 9.79 Å². The van der Waals surface area contributed by atoms with E-state index in [0.29, 0.717) is 34.7 Å². The molecule has 174 valence electrons. The monoisotopic (exact) mass is 468 g/mol. The molecule has 0 atom stereocenters. The molecule has 0 aromatic heterocycles. The third-order valence-electron chi connectivity index (χ3n) is 4.80. The van der Waals surface area contributed by atoms with Gasteiger partial charge in [0.1, 0.15) is 0 Å². The third-order valence-corrected chi connectivity index (χ3v) is 5.81. The highest BCUT2D eigenvalue weighted by atomic mass is 32.2. The first-order chi connectivity index (χ1) is 15.9. The molecule has 7 nitrogen and oxygen atoms in total. The molecule has 1 heterocycles. The number of thioether (sulfide) groups is 1. The van der Waals surface area contributed by atoms with Crippen molar-refractivity contribution in [3.8, 4) is 11.5 Å². The molecule has 1 aliphatic rings. The number of carboxylic acid groups (broad SMARTS) is 1. The van der Waals surface area contributed by atoms with Gasteiger partial charge in [0, 0.05) is 6.54 Å². The number of carboxylic acids is 1. The van der Waals surface area contributed by atoms with E-state index in [9.17, 15) is 9.59 Å². The van der Waals surface area contributed by atoms with E-state index in [0.717, 1.165) is 29.7 Å². The van der Waals surface area contributed by atoms with Gasteiger partial charge in [-0.3, -0.25) is 9.69 Å². The lowest BCUT2D eigenvalue weighted by molar-refractivity contribution is -0.139. The Morgan fingerprint density at radius 1 is 1.12 bits per heavy atom. The third kappa shape index (κ3) is 6.61. The van der Waals surface area contributed by atoms with Gasteiger partial charge in [0.05, 0.1) is 17.2 Å². The summed E-state index contributed by atoms with van der Waals surface area (Å²) in [4.78, 5) is 31.0. The summed E-state index contributed by atoms with van der Waals surface area (Å²) in [6.07, 6.45) is 3.66. The Morgan fingerprint density at radius 2 is 1.88 bits per heavy atom. The number of unbranched alkanes of at least 4 members (excludes halogenated alkanes) is 1. The fourth-order valence-corrected chi connectivity index (χ4v) is 4.15. The van der Waals surface area contributed by atoms with Crippen molar-refractivity contribution < 1.29 is 24.2 Å². The Labute approximate surface area is 198 Å². The lowest BCUT2D eigenvalue weighted by Gasteiger charge is -2.14. The summed E-state index contributed by atoms with van der Waals surface area (Å²) in [7, 11) is 0. The maximum absolute atomic E-state index is 13.2. The van der Waals surface area contributed by atoms with E-state index in [1.807, 2.05) is 38.1 Å². The Morgan fingerprint density at radius 3 is 2.55 bits per heavy atom. The van der Waals surface area contributed by atoms with Crippen molar-refractivity contribution in [1.29, 1.82) is 0 Å². The Balaban J connectivity index is 1.90. The molecular weight excluding hydrogens is 440 g/mol. The molecule has 0 bridgehead atoms. The average molecular weight is 469 g/mol. The Kier molecular flexibility index (Phi) is 8.54. The fourth-order valence-electron chi connectivity index (χ4n) is 3.13. The highest BCUT2D eigenvalue weighted by Gasteiger charge is 2.33. The first kappa shape index (κ1) is 24.4. The van der Waals surface area contributed by atoms with Crippen LogP contribution < -0.4 is 9.47 Å². The first-order valence-electron chi connectivity index (χ1n) is 10.9. The van der Waals surface area contributed by atoms with Crippen molar-refractivity contribution in [2.24, 2.45) is 4.99 Å². The van der Waals surface area contributed by atoms with Crippen LogP contribution in [0.1, 0.15) is 37.8 Å². The molecule has 3 rings (SSSR count). The number of ether oxygens (including phenoxy) is 2. The maximum Gasteiger partial charge on any atom is 0.341 e. The number of aliphatic imine (C=N–C) groups is 1. The number of aryl methyl sites for hydroxylation is 1. The SMILES string of the molecule is CCCCN1C(=O)/C(=C\c2ccc(OCC(=O)O)c(OCC)c2)SC1=Nc1ccc(C)cc1. The summed E-state index contributed by atoms with van der Waals surface area (Å²) in [6, 6.07) is 13.0. The van der Waals surface area contributed by atoms with Gasteiger partial charge in [-0.1, -0.05) is 37.1 Å². The van der Waals surface area contributed by atoms with Crippen molar-refractivity contribution in [2.75, 3.05) is 19.8 Å². The van der Waals surface area contributed by atoms with Crippen LogP contribution in [-0.2, 0) is 9.59 Å². The van der Waals surface area contributed by atoms with E-state index in [-0.39, 0.29) is 5.91 Å². The smallest absolute Gasteiger partial charge is 0.341 e. The molecule has 1 aliphatic heterocycles. The van der Waals surface area contributed by atoms with Gasteiger partial charge in [0.25, 0.3) is 5.91 Å². The van der Waals surface area contributed by atoms with Crippen molar-refractivity contribution in [3.63, 3.8) is 0 Å². The zero-order valence-corrected chi connectivity index (χ0v) is 19.9. The molecule has 8 heteroatoms. The lowest BCUT2D eigenvalue weighted by Crippen LogP contribution is -2.30. The minimum absolute atomic E-state index is 0.0801. The van der Waals surface area contributed by atoms with Gasteiger partial charge in [-0.2, -0.15) is 0 Å². The van der Waals surface area contributed by atoms with E-state index < -0.39 is 12.6 Å². The van der Waals surface area contributed by atoms with Crippen LogP contribution in [0.25, 0.3) is 6.08 Å². The van der Waals surface area contributed by atoms with Gasteiger partial charge in [0.15, 0.2) is 23.3 Å². The Bertz CT molecular complexity index is 1060. The van der Waals surface area contributed by atoms with E-state index in [1.165, 1.54) is 11.8 Å². The number of aliphatic carboxylic acids is 1. The van der Waals surface area contributed by atoms with Crippen molar-refractivity contribution in [3.05, 3.63) is 58.5 Å². The van der Waals surface area contributed by atoms with Crippen LogP contribution >= 0.6 is 11.8 Å². The number of amidine groups is 1. The molecule has 1 fully saturated rings. The van der Waals surface area contributed by atoms with Crippen LogP contribution in [-0.4, -0.2) is 46.8 Å². The highest BCUT2D eigenvalue weighted by molar-refractivity contribution is 8.18. The molecule has 1 amide bonds. The number of hydrogen-bond donors (Lipinski definition) is 1. The Hall–Kier alpha value is -3.26. The van der Waals surface area contributed by atoms with Crippen LogP contribution in [0, 0.1) is 6.92 Å². The lowest BCUT2D eigenvalue weighted by atomic mass is 10.2. The van der Waals surface area contributed by atoms with E-state index in [1.54, 1.807) is 29.2 Å². The molecule has 33 heavy (non-hydrogen) atoms. The molecule has 0 spiro atoms. The largest absolute Gasteiger partial charge is 0.490 e. The number of benzene rings is 2. The van der Waals surface area contributed by atoms with Crippen molar-refractivity contribution in [2.45, 2.75) is 33.6 Å². The molecule has 0 radical (unpaired) electrons. The van der Waals surface area contributed by atoms with Gasteiger partial charge in [-0.15, -0.1) is 0 Å². The normalized spacial score (nSPS) is 16.0. The van der Waals surface area contributed by atoms with Crippen LogP contribution in [0.4, 0.5) is 5.69 Å². The predicted octanol–water partition coefficient (Wildman–Crippen LogP) is 5.26. The second-order valence-electron chi connectivity index (χ2n) is 7.47. The van der Waals surface area contributed by atoms with Crippen LogP contribution in [0.2, 0.25) is 0 Å². The quantitative estimate of drug-likeness (QED) is 0.479. The number of rotatable bonds is 10. The number of carbonyl (C=O) groups excluding carboxylic acids is 1. The number of amides is 1.